The lowest BCUT2D eigenvalue weighted by atomic mass is 10.3. The lowest BCUT2D eigenvalue weighted by Gasteiger charge is -1.94. The molecule has 13 heavy (non-hydrogen) atoms. The van der Waals surface area contributed by atoms with Gasteiger partial charge in [-0.2, -0.15) is 0 Å². The molecular weight excluding hydrogens is 186 g/mol. The van der Waals surface area contributed by atoms with Crippen LogP contribution in [0.2, 0.25) is 0 Å². The summed E-state index contributed by atoms with van der Waals surface area (Å²) < 4.78 is 11.1. The number of hydrogen-bond donors (Lipinski definition) is 2. The van der Waals surface area contributed by atoms with Crippen LogP contribution in [0.15, 0.2) is 23.1 Å². The van der Waals surface area contributed by atoms with E-state index in [1.807, 2.05) is 0 Å². The van der Waals surface area contributed by atoms with Crippen LogP contribution in [0.4, 0.5) is 5.95 Å². The van der Waals surface area contributed by atoms with Crippen molar-refractivity contribution in [2.45, 2.75) is 4.90 Å². The second-order valence-electron chi connectivity index (χ2n) is 2.76. The first kappa shape index (κ1) is 8.25. The van der Waals surface area contributed by atoms with Crippen LogP contribution in [0.1, 0.15) is 0 Å². The van der Waals surface area contributed by atoms with Gasteiger partial charge in [-0.15, -0.1) is 0 Å². The molecule has 5 heteroatoms. The maximum absolute atomic E-state index is 11.1. The van der Waals surface area contributed by atoms with Gasteiger partial charge in [-0.3, -0.25) is 4.21 Å². The van der Waals surface area contributed by atoms with Gasteiger partial charge in [0.15, 0.2) is 5.95 Å². The Morgan fingerprint density at radius 2 is 2.31 bits per heavy atom. The first-order valence-corrected chi connectivity index (χ1v) is 5.31. The Kier molecular flexibility index (Phi) is 1.81. The number of aromatic amines is 1. The molecule has 0 aliphatic rings. The first-order valence-electron chi connectivity index (χ1n) is 3.75. The number of nitrogen functional groups attached to an aromatic ring is 1. The van der Waals surface area contributed by atoms with Crippen LogP contribution in [0.5, 0.6) is 0 Å². The van der Waals surface area contributed by atoms with Gasteiger partial charge in [-0.25, -0.2) is 4.98 Å². The Balaban J connectivity index is 2.67. The van der Waals surface area contributed by atoms with Crippen molar-refractivity contribution in [3.05, 3.63) is 18.2 Å². The van der Waals surface area contributed by atoms with Gasteiger partial charge in [0.1, 0.15) is 0 Å². The van der Waals surface area contributed by atoms with E-state index in [9.17, 15) is 4.21 Å². The van der Waals surface area contributed by atoms with E-state index in [0.29, 0.717) is 5.95 Å². The molecule has 2 rings (SSSR count). The van der Waals surface area contributed by atoms with E-state index < -0.39 is 10.8 Å². The number of hydrogen-bond acceptors (Lipinski definition) is 3. The van der Waals surface area contributed by atoms with Crippen LogP contribution in [0.25, 0.3) is 11.0 Å². The van der Waals surface area contributed by atoms with Gasteiger partial charge in [0.2, 0.25) is 0 Å². The van der Waals surface area contributed by atoms with E-state index in [2.05, 4.69) is 9.97 Å². The van der Waals surface area contributed by atoms with Gasteiger partial charge in [0, 0.05) is 22.0 Å². The fourth-order valence-corrected chi connectivity index (χ4v) is 1.73. The van der Waals surface area contributed by atoms with Crippen LogP contribution in [0.3, 0.4) is 0 Å². The highest BCUT2D eigenvalue weighted by molar-refractivity contribution is 7.84. The smallest absolute Gasteiger partial charge is 0.198 e. The largest absolute Gasteiger partial charge is 0.369 e. The number of nitrogens with one attached hydrogen (secondary N) is 1. The minimum atomic E-state index is -0.964. The zero-order chi connectivity index (χ0) is 9.42. The second-order valence-corrected chi connectivity index (χ2v) is 4.13. The summed E-state index contributed by atoms with van der Waals surface area (Å²) in [5, 5.41) is 0. The SMILES string of the molecule is CS(=O)c1ccc2nc(N)[nH]c2c1. The maximum atomic E-state index is 11.1. The molecule has 0 amide bonds. The fourth-order valence-electron chi connectivity index (χ4n) is 1.19. The van der Waals surface area contributed by atoms with E-state index in [0.717, 1.165) is 15.9 Å². The first-order chi connectivity index (χ1) is 6.16. The zero-order valence-electron chi connectivity index (χ0n) is 7.07. The van der Waals surface area contributed by atoms with Gasteiger partial charge in [-0.05, 0) is 18.2 Å². The van der Waals surface area contributed by atoms with Crippen molar-refractivity contribution in [1.29, 1.82) is 0 Å². The van der Waals surface area contributed by atoms with Crippen molar-refractivity contribution in [2.24, 2.45) is 0 Å². The van der Waals surface area contributed by atoms with Crippen LogP contribution >= 0.6 is 0 Å². The minimum Gasteiger partial charge on any atom is -0.369 e. The van der Waals surface area contributed by atoms with Crippen LogP contribution in [0, 0.1) is 0 Å². The third-order valence-electron chi connectivity index (χ3n) is 1.80. The monoisotopic (exact) mass is 195 g/mol. The van der Waals surface area contributed by atoms with Crippen molar-refractivity contribution in [1.82, 2.24) is 9.97 Å². The number of nitrogens with two attached hydrogens (primary N) is 1. The van der Waals surface area contributed by atoms with Crippen molar-refractivity contribution >= 4 is 27.8 Å². The molecule has 1 atom stereocenters. The summed E-state index contributed by atoms with van der Waals surface area (Å²) in [6.45, 7) is 0. The topological polar surface area (TPSA) is 71.8 Å². The lowest BCUT2D eigenvalue weighted by molar-refractivity contribution is 0.687. The molecule has 1 heterocycles. The van der Waals surface area contributed by atoms with Crippen LogP contribution in [-0.2, 0) is 10.8 Å². The molecule has 0 aliphatic heterocycles. The van der Waals surface area contributed by atoms with Crippen molar-refractivity contribution in [2.75, 3.05) is 12.0 Å². The molecule has 0 fully saturated rings. The number of nitrogens with zero attached hydrogens (tertiary/aromatic N) is 1. The molecule has 0 bridgehead atoms. The number of fused-ring (bicyclic) bond motifs is 1. The third-order valence-corrected chi connectivity index (χ3v) is 2.72. The fraction of sp³-hybridized carbons (Fsp3) is 0.125. The molecule has 1 aromatic heterocycles. The standard InChI is InChI=1S/C8H9N3OS/c1-13(12)5-2-3-6-7(4-5)11-8(9)10-6/h2-4H,1H3,(H3,9,10,11). The number of aromatic nitrogens is 2. The summed E-state index contributed by atoms with van der Waals surface area (Å²) in [6, 6.07) is 5.40. The van der Waals surface area contributed by atoms with Crippen LogP contribution in [-0.4, -0.2) is 20.4 Å². The van der Waals surface area contributed by atoms with E-state index in [-0.39, 0.29) is 0 Å². The molecule has 0 spiro atoms. The highest BCUT2D eigenvalue weighted by atomic mass is 32.2. The Hall–Kier alpha value is -1.36. The number of rotatable bonds is 1. The average molecular weight is 195 g/mol. The number of imidazole rings is 1. The van der Waals surface area contributed by atoms with E-state index in [1.54, 1.807) is 24.5 Å². The van der Waals surface area contributed by atoms with Crippen molar-refractivity contribution < 1.29 is 4.21 Å². The molecule has 2 aromatic rings. The molecular formula is C8H9N3OS. The Morgan fingerprint density at radius 1 is 1.54 bits per heavy atom. The summed E-state index contributed by atoms with van der Waals surface area (Å²) in [5.74, 6) is 0.383. The molecule has 1 unspecified atom stereocenters. The normalized spacial score (nSPS) is 13.3. The van der Waals surface area contributed by atoms with Crippen molar-refractivity contribution in [3.8, 4) is 0 Å². The zero-order valence-corrected chi connectivity index (χ0v) is 7.89. The van der Waals surface area contributed by atoms with Gasteiger partial charge in [0.25, 0.3) is 0 Å². The van der Waals surface area contributed by atoms with E-state index in [1.165, 1.54) is 0 Å². The second kappa shape index (κ2) is 2.85. The van der Waals surface area contributed by atoms with E-state index in [4.69, 9.17) is 5.73 Å². The van der Waals surface area contributed by atoms with Gasteiger partial charge in [0.05, 0.1) is 11.0 Å². The summed E-state index contributed by atoms with van der Waals surface area (Å²) in [4.78, 5) is 7.70. The summed E-state index contributed by atoms with van der Waals surface area (Å²) in [7, 11) is -0.964. The molecule has 1 aromatic carbocycles. The van der Waals surface area contributed by atoms with E-state index >= 15 is 0 Å². The molecule has 0 saturated carbocycles. The number of H-pyrrole nitrogens is 1. The molecule has 68 valence electrons. The molecule has 0 saturated heterocycles. The maximum Gasteiger partial charge on any atom is 0.198 e. The minimum absolute atomic E-state index is 0.383. The Labute approximate surface area is 77.6 Å². The van der Waals surface area contributed by atoms with Gasteiger partial charge in [-0.1, -0.05) is 0 Å². The van der Waals surface area contributed by atoms with Crippen LogP contribution < -0.4 is 5.73 Å². The molecule has 4 nitrogen and oxygen atoms in total. The number of benzene rings is 1. The molecule has 0 radical (unpaired) electrons. The third kappa shape index (κ3) is 1.42. The molecule has 0 aliphatic carbocycles. The summed E-state index contributed by atoms with van der Waals surface area (Å²) in [6.07, 6.45) is 1.64. The molecule has 3 N–H and O–H groups in total. The number of anilines is 1. The summed E-state index contributed by atoms with van der Waals surface area (Å²) >= 11 is 0. The predicted molar refractivity (Wildman–Crippen MR) is 52.8 cm³/mol. The van der Waals surface area contributed by atoms with Gasteiger partial charge < -0.3 is 10.7 Å². The highest BCUT2D eigenvalue weighted by Gasteiger charge is 2.02. The Bertz CT molecular complexity index is 477. The van der Waals surface area contributed by atoms with Gasteiger partial charge >= 0.3 is 0 Å². The average Bonchev–Trinajstić information content (AvgIpc) is 2.42. The Morgan fingerprint density at radius 3 is 3.00 bits per heavy atom. The predicted octanol–water partition coefficient (Wildman–Crippen LogP) is 0.883. The van der Waals surface area contributed by atoms with Crippen molar-refractivity contribution in [3.63, 3.8) is 0 Å². The highest BCUT2D eigenvalue weighted by Crippen LogP contribution is 2.16. The lowest BCUT2D eigenvalue weighted by Crippen LogP contribution is -1.86. The quantitative estimate of drug-likeness (QED) is 0.709. The summed E-state index contributed by atoms with van der Waals surface area (Å²) in [5.41, 5.74) is 7.10.